The van der Waals surface area contributed by atoms with Gasteiger partial charge in [-0.3, -0.25) is 4.79 Å². The molecule has 1 aliphatic heterocycles. The Morgan fingerprint density at radius 1 is 1.58 bits per heavy atom. The van der Waals surface area contributed by atoms with Gasteiger partial charge in [0.15, 0.2) is 5.54 Å². The summed E-state index contributed by atoms with van der Waals surface area (Å²) in [5, 5.41) is 11.2. The largest absolute Gasteiger partial charge is 0.479 e. The SMILES string of the molecule is NC1(C(=O)O)CCCCNC1=O. The Bertz CT molecular complexity index is 217. The predicted octanol–water partition coefficient (Wildman–Crippen LogP) is -0.931. The van der Waals surface area contributed by atoms with Gasteiger partial charge < -0.3 is 16.2 Å². The molecule has 68 valence electrons. The maximum absolute atomic E-state index is 11.2. The van der Waals surface area contributed by atoms with Crippen molar-refractivity contribution in [2.24, 2.45) is 5.73 Å². The molecule has 0 aromatic carbocycles. The number of carbonyl (C=O) groups excluding carboxylic acids is 1. The van der Waals surface area contributed by atoms with Crippen LogP contribution in [0.15, 0.2) is 0 Å². The van der Waals surface area contributed by atoms with E-state index in [-0.39, 0.29) is 6.42 Å². The Balaban J connectivity index is 2.83. The highest BCUT2D eigenvalue weighted by Crippen LogP contribution is 2.14. The first-order chi connectivity index (χ1) is 5.57. The molecular formula is C7H12N2O3. The number of nitrogens with one attached hydrogen (secondary N) is 1. The van der Waals surface area contributed by atoms with Crippen LogP contribution in [0.1, 0.15) is 19.3 Å². The van der Waals surface area contributed by atoms with Crippen molar-refractivity contribution < 1.29 is 14.7 Å². The zero-order valence-electron chi connectivity index (χ0n) is 6.67. The standard InChI is InChI=1S/C7H12N2O3/c8-7(6(11)12)3-1-2-4-9-5(7)10/h1-4,8H2,(H,9,10)(H,11,12). The second kappa shape index (κ2) is 3.10. The van der Waals surface area contributed by atoms with Gasteiger partial charge in [0.25, 0.3) is 5.91 Å². The molecule has 5 heteroatoms. The minimum absolute atomic E-state index is 0.216. The van der Waals surface area contributed by atoms with Crippen LogP contribution in [0.5, 0.6) is 0 Å². The summed E-state index contributed by atoms with van der Waals surface area (Å²) in [4.78, 5) is 21.8. The van der Waals surface area contributed by atoms with E-state index in [9.17, 15) is 9.59 Å². The first kappa shape index (κ1) is 8.99. The quantitative estimate of drug-likeness (QED) is 0.445. The zero-order valence-corrected chi connectivity index (χ0v) is 6.67. The highest BCUT2D eigenvalue weighted by Gasteiger charge is 2.42. The van der Waals surface area contributed by atoms with Gasteiger partial charge in [0, 0.05) is 6.54 Å². The van der Waals surface area contributed by atoms with Gasteiger partial charge in [0.05, 0.1) is 0 Å². The van der Waals surface area contributed by atoms with Crippen molar-refractivity contribution in [2.45, 2.75) is 24.8 Å². The van der Waals surface area contributed by atoms with E-state index in [2.05, 4.69) is 5.32 Å². The van der Waals surface area contributed by atoms with Gasteiger partial charge in [-0.05, 0) is 19.3 Å². The number of carboxylic acid groups (broad SMARTS) is 1. The second-order valence-electron chi connectivity index (χ2n) is 2.99. The van der Waals surface area contributed by atoms with Crippen molar-refractivity contribution in [2.75, 3.05) is 6.54 Å². The Hall–Kier alpha value is -1.10. The Kier molecular flexibility index (Phi) is 2.32. The van der Waals surface area contributed by atoms with Gasteiger partial charge in [-0.2, -0.15) is 0 Å². The molecular weight excluding hydrogens is 160 g/mol. The van der Waals surface area contributed by atoms with Crippen LogP contribution in [0.4, 0.5) is 0 Å². The smallest absolute Gasteiger partial charge is 0.333 e. The number of carbonyl (C=O) groups is 2. The summed E-state index contributed by atoms with van der Waals surface area (Å²) in [6, 6.07) is 0. The van der Waals surface area contributed by atoms with Gasteiger partial charge in [-0.15, -0.1) is 0 Å². The summed E-state index contributed by atoms with van der Waals surface area (Å²) in [5.74, 6) is -1.82. The summed E-state index contributed by atoms with van der Waals surface area (Å²) in [7, 11) is 0. The first-order valence-corrected chi connectivity index (χ1v) is 3.88. The van der Waals surface area contributed by atoms with Crippen LogP contribution in [0, 0.1) is 0 Å². The number of rotatable bonds is 1. The molecule has 0 bridgehead atoms. The summed E-state index contributed by atoms with van der Waals surface area (Å²) in [6.07, 6.45) is 1.67. The monoisotopic (exact) mass is 172 g/mol. The van der Waals surface area contributed by atoms with Crippen LogP contribution in [-0.4, -0.2) is 29.1 Å². The molecule has 1 aliphatic rings. The van der Waals surface area contributed by atoms with Crippen molar-refractivity contribution in [3.05, 3.63) is 0 Å². The van der Waals surface area contributed by atoms with Crippen LogP contribution < -0.4 is 11.1 Å². The maximum Gasteiger partial charge on any atom is 0.333 e. The number of carboxylic acids is 1. The number of hydrogen-bond donors (Lipinski definition) is 3. The van der Waals surface area contributed by atoms with E-state index < -0.39 is 17.4 Å². The molecule has 5 nitrogen and oxygen atoms in total. The molecule has 12 heavy (non-hydrogen) atoms. The van der Waals surface area contributed by atoms with Crippen molar-refractivity contribution in [1.82, 2.24) is 5.32 Å². The zero-order chi connectivity index (χ0) is 9.19. The number of hydrogen-bond acceptors (Lipinski definition) is 3. The lowest BCUT2D eigenvalue weighted by molar-refractivity contribution is -0.149. The molecule has 1 saturated heterocycles. The topological polar surface area (TPSA) is 92.4 Å². The van der Waals surface area contributed by atoms with Gasteiger partial charge in [0.2, 0.25) is 0 Å². The van der Waals surface area contributed by atoms with E-state index in [1.807, 2.05) is 0 Å². The van der Waals surface area contributed by atoms with Crippen molar-refractivity contribution in [1.29, 1.82) is 0 Å². The molecule has 1 rings (SSSR count). The van der Waals surface area contributed by atoms with Crippen molar-refractivity contribution in [3.63, 3.8) is 0 Å². The van der Waals surface area contributed by atoms with E-state index in [1.165, 1.54) is 0 Å². The average molecular weight is 172 g/mol. The van der Waals surface area contributed by atoms with Crippen LogP contribution in [0.25, 0.3) is 0 Å². The summed E-state index contributed by atoms with van der Waals surface area (Å²) >= 11 is 0. The lowest BCUT2D eigenvalue weighted by Crippen LogP contribution is -2.58. The Morgan fingerprint density at radius 3 is 2.83 bits per heavy atom. The molecule has 0 saturated carbocycles. The van der Waals surface area contributed by atoms with E-state index >= 15 is 0 Å². The summed E-state index contributed by atoms with van der Waals surface area (Å²) < 4.78 is 0. The minimum atomic E-state index is -1.71. The Morgan fingerprint density at radius 2 is 2.25 bits per heavy atom. The molecule has 1 fully saturated rings. The summed E-state index contributed by atoms with van der Waals surface area (Å²) in [5.41, 5.74) is 3.72. The molecule has 0 aliphatic carbocycles. The van der Waals surface area contributed by atoms with Crippen LogP contribution >= 0.6 is 0 Å². The van der Waals surface area contributed by atoms with Gasteiger partial charge in [-0.25, -0.2) is 4.79 Å². The fourth-order valence-corrected chi connectivity index (χ4v) is 1.21. The lowest BCUT2D eigenvalue weighted by atomic mass is 9.94. The molecule has 0 aromatic rings. The maximum atomic E-state index is 11.2. The highest BCUT2D eigenvalue weighted by atomic mass is 16.4. The molecule has 1 unspecified atom stereocenters. The normalized spacial score (nSPS) is 30.6. The lowest BCUT2D eigenvalue weighted by Gasteiger charge is -2.19. The third-order valence-electron chi connectivity index (χ3n) is 2.07. The first-order valence-electron chi connectivity index (χ1n) is 3.88. The third-order valence-corrected chi connectivity index (χ3v) is 2.07. The van der Waals surface area contributed by atoms with E-state index in [4.69, 9.17) is 10.8 Å². The third kappa shape index (κ3) is 1.40. The Labute approximate surface area is 69.9 Å². The molecule has 1 heterocycles. The van der Waals surface area contributed by atoms with Crippen LogP contribution in [0.3, 0.4) is 0 Å². The summed E-state index contributed by atoms with van der Waals surface area (Å²) in [6.45, 7) is 0.519. The molecule has 1 atom stereocenters. The molecule has 4 N–H and O–H groups in total. The molecule has 1 amide bonds. The van der Waals surface area contributed by atoms with E-state index in [0.717, 1.165) is 6.42 Å². The van der Waals surface area contributed by atoms with E-state index in [1.54, 1.807) is 0 Å². The van der Waals surface area contributed by atoms with E-state index in [0.29, 0.717) is 13.0 Å². The second-order valence-corrected chi connectivity index (χ2v) is 2.99. The van der Waals surface area contributed by atoms with Gasteiger partial charge in [0.1, 0.15) is 0 Å². The predicted molar refractivity (Wildman–Crippen MR) is 41.4 cm³/mol. The minimum Gasteiger partial charge on any atom is -0.479 e. The number of amides is 1. The number of nitrogens with two attached hydrogens (primary N) is 1. The van der Waals surface area contributed by atoms with Crippen molar-refractivity contribution >= 4 is 11.9 Å². The van der Waals surface area contributed by atoms with Gasteiger partial charge >= 0.3 is 5.97 Å². The molecule has 0 aromatic heterocycles. The fourth-order valence-electron chi connectivity index (χ4n) is 1.21. The van der Waals surface area contributed by atoms with Crippen LogP contribution in [0.2, 0.25) is 0 Å². The molecule has 0 spiro atoms. The molecule has 0 radical (unpaired) electrons. The van der Waals surface area contributed by atoms with Crippen molar-refractivity contribution in [3.8, 4) is 0 Å². The van der Waals surface area contributed by atoms with Gasteiger partial charge in [-0.1, -0.05) is 0 Å². The average Bonchev–Trinajstić information content (AvgIpc) is 2.16. The highest BCUT2D eigenvalue weighted by molar-refractivity contribution is 6.06. The number of aliphatic carboxylic acids is 1. The van der Waals surface area contributed by atoms with Crippen LogP contribution in [-0.2, 0) is 9.59 Å². The fraction of sp³-hybridized carbons (Fsp3) is 0.714.